The summed E-state index contributed by atoms with van der Waals surface area (Å²) in [4.78, 5) is 0. The van der Waals surface area contributed by atoms with Crippen molar-refractivity contribution in [2.45, 2.75) is 38.8 Å². The van der Waals surface area contributed by atoms with Gasteiger partial charge in [0.2, 0.25) is 0 Å². The van der Waals surface area contributed by atoms with E-state index in [-0.39, 0.29) is 6.10 Å². The zero-order chi connectivity index (χ0) is 14.4. The molecule has 0 aliphatic carbocycles. The summed E-state index contributed by atoms with van der Waals surface area (Å²) >= 11 is 3.53. The van der Waals surface area contributed by atoms with Gasteiger partial charge in [-0.25, -0.2) is 0 Å². The normalized spacial score (nSPS) is 15.8. The molecule has 112 valence electrons. The van der Waals surface area contributed by atoms with E-state index in [9.17, 15) is 5.11 Å². The summed E-state index contributed by atoms with van der Waals surface area (Å²) in [6, 6.07) is 4.04. The van der Waals surface area contributed by atoms with Crippen LogP contribution in [0.4, 0.5) is 0 Å². The second kappa shape index (κ2) is 7.86. The monoisotopic (exact) mass is 343 g/mol. The molecular formula is C15H22BrNO3. The molecule has 4 nitrogen and oxygen atoms in total. The molecule has 0 fully saturated rings. The first-order valence-electron chi connectivity index (χ1n) is 7.17. The Labute approximate surface area is 128 Å². The van der Waals surface area contributed by atoms with Crippen molar-refractivity contribution in [3.05, 3.63) is 22.2 Å². The Morgan fingerprint density at radius 1 is 1.35 bits per heavy atom. The van der Waals surface area contributed by atoms with Crippen LogP contribution in [-0.4, -0.2) is 31.0 Å². The number of nitrogens with one attached hydrogen (secondary N) is 1. The van der Waals surface area contributed by atoms with E-state index in [1.54, 1.807) is 0 Å². The molecule has 1 aromatic carbocycles. The van der Waals surface area contributed by atoms with E-state index in [1.165, 1.54) is 0 Å². The van der Waals surface area contributed by atoms with Crippen molar-refractivity contribution in [1.82, 2.24) is 5.32 Å². The van der Waals surface area contributed by atoms with E-state index in [0.717, 1.165) is 40.8 Å². The van der Waals surface area contributed by atoms with Crippen LogP contribution in [0.25, 0.3) is 0 Å². The van der Waals surface area contributed by atoms with Gasteiger partial charge in [-0.2, -0.15) is 0 Å². The SMILES string of the molecule is CCCC(O)CNCc1cc(Br)c2c(c1)OCCCO2. The minimum atomic E-state index is -0.274. The summed E-state index contributed by atoms with van der Waals surface area (Å²) in [5, 5.41) is 13.0. The van der Waals surface area contributed by atoms with Crippen LogP contribution in [0, 0.1) is 0 Å². The minimum absolute atomic E-state index is 0.274. The summed E-state index contributed by atoms with van der Waals surface area (Å²) in [5.74, 6) is 1.58. The molecule has 5 heteroatoms. The van der Waals surface area contributed by atoms with Crippen LogP contribution in [0.2, 0.25) is 0 Å². The van der Waals surface area contributed by atoms with E-state index >= 15 is 0 Å². The van der Waals surface area contributed by atoms with Crippen LogP contribution in [0.1, 0.15) is 31.7 Å². The van der Waals surface area contributed by atoms with Gasteiger partial charge in [0, 0.05) is 19.5 Å². The summed E-state index contributed by atoms with van der Waals surface area (Å²) in [6.07, 6.45) is 2.46. The van der Waals surface area contributed by atoms with Gasteiger partial charge in [0.05, 0.1) is 23.8 Å². The third-order valence-corrected chi connectivity index (χ3v) is 3.78. The molecule has 1 aliphatic heterocycles. The minimum Gasteiger partial charge on any atom is -0.490 e. The van der Waals surface area contributed by atoms with Crippen molar-refractivity contribution in [2.24, 2.45) is 0 Å². The molecule has 0 spiro atoms. The number of halogens is 1. The molecule has 0 saturated carbocycles. The number of rotatable bonds is 6. The largest absolute Gasteiger partial charge is 0.490 e. The van der Waals surface area contributed by atoms with Crippen LogP contribution in [-0.2, 0) is 6.54 Å². The van der Waals surface area contributed by atoms with Crippen LogP contribution >= 0.6 is 15.9 Å². The molecule has 1 aliphatic rings. The Balaban J connectivity index is 1.95. The summed E-state index contributed by atoms with van der Waals surface area (Å²) in [5.41, 5.74) is 1.12. The Morgan fingerprint density at radius 2 is 2.15 bits per heavy atom. The van der Waals surface area contributed by atoms with Gasteiger partial charge >= 0.3 is 0 Å². The Bertz CT molecular complexity index is 439. The van der Waals surface area contributed by atoms with Crippen LogP contribution in [0.5, 0.6) is 11.5 Å². The third-order valence-electron chi connectivity index (χ3n) is 3.19. The number of aliphatic hydroxyl groups excluding tert-OH is 1. The van der Waals surface area contributed by atoms with Crippen LogP contribution < -0.4 is 14.8 Å². The van der Waals surface area contributed by atoms with E-state index in [1.807, 2.05) is 12.1 Å². The summed E-state index contributed by atoms with van der Waals surface area (Å²) in [6.45, 7) is 4.76. The average molecular weight is 344 g/mol. The van der Waals surface area contributed by atoms with Gasteiger partial charge in [-0.1, -0.05) is 13.3 Å². The second-order valence-electron chi connectivity index (χ2n) is 5.03. The fourth-order valence-corrected chi connectivity index (χ4v) is 2.81. The lowest BCUT2D eigenvalue weighted by Gasteiger charge is -2.14. The highest BCUT2D eigenvalue weighted by Crippen LogP contribution is 2.38. The molecule has 0 saturated heterocycles. The van der Waals surface area contributed by atoms with Crippen molar-refractivity contribution < 1.29 is 14.6 Å². The molecule has 1 aromatic rings. The zero-order valence-corrected chi connectivity index (χ0v) is 13.4. The van der Waals surface area contributed by atoms with Crippen molar-refractivity contribution in [1.29, 1.82) is 0 Å². The molecule has 0 amide bonds. The average Bonchev–Trinajstić information content (AvgIpc) is 2.64. The maximum Gasteiger partial charge on any atom is 0.175 e. The number of ether oxygens (including phenoxy) is 2. The molecular weight excluding hydrogens is 322 g/mol. The molecule has 20 heavy (non-hydrogen) atoms. The maximum absolute atomic E-state index is 9.69. The lowest BCUT2D eigenvalue weighted by molar-refractivity contribution is 0.160. The Hall–Kier alpha value is -0.780. The van der Waals surface area contributed by atoms with Crippen molar-refractivity contribution in [3.8, 4) is 11.5 Å². The first-order chi connectivity index (χ1) is 9.70. The predicted molar refractivity (Wildman–Crippen MR) is 82.4 cm³/mol. The van der Waals surface area contributed by atoms with Gasteiger partial charge in [0.1, 0.15) is 0 Å². The van der Waals surface area contributed by atoms with Gasteiger partial charge in [-0.15, -0.1) is 0 Å². The lowest BCUT2D eigenvalue weighted by Crippen LogP contribution is -2.26. The van der Waals surface area contributed by atoms with E-state index in [2.05, 4.69) is 28.2 Å². The first kappa shape index (κ1) is 15.6. The quantitative estimate of drug-likeness (QED) is 0.833. The number of hydrogen-bond donors (Lipinski definition) is 2. The maximum atomic E-state index is 9.69. The number of hydrogen-bond acceptors (Lipinski definition) is 4. The van der Waals surface area contributed by atoms with Crippen molar-refractivity contribution in [3.63, 3.8) is 0 Å². The highest BCUT2D eigenvalue weighted by molar-refractivity contribution is 9.10. The molecule has 1 unspecified atom stereocenters. The molecule has 0 aromatic heterocycles. The predicted octanol–water partition coefficient (Wildman–Crippen LogP) is 2.86. The number of benzene rings is 1. The highest BCUT2D eigenvalue weighted by Gasteiger charge is 2.15. The molecule has 2 rings (SSSR count). The molecule has 0 radical (unpaired) electrons. The van der Waals surface area contributed by atoms with Gasteiger partial charge in [0.25, 0.3) is 0 Å². The van der Waals surface area contributed by atoms with Crippen molar-refractivity contribution >= 4 is 15.9 Å². The zero-order valence-electron chi connectivity index (χ0n) is 11.8. The number of fused-ring (bicyclic) bond motifs is 1. The van der Waals surface area contributed by atoms with Crippen molar-refractivity contribution in [2.75, 3.05) is 19.8 Å². The molecule has 2 N–H and O–H groups in total. The number of aliphatic hydroxyl groups is 1. The Morgan fingerprint density at radius 3 is 2.95 bits per heavy atom. The van der Waals surface area contributed by atoms with Gasteiger partial charge < -0.3 is 19.9 Å². The second-order valence-corrected chi connectivity index (χ2v) is 5.88. The smallest absolute Gasteiger partial charge is 0.175 e. The van der Waals surface area contributed by atoms with Gasteiger partial charge in [-0.05, 0) is 40.0 Å². The topological polar surface area (TPSA) is 50.7 Å². The molecule has 1 heterocycles. The fourth-order valence-electron chi connectivity index (χ4n) is 2.20. The summed E-state index contributed by atoms with van der Waals surface area (Å²) < 4.78 is 12.3. The van der Waals surface area contributed by atoms with Crippen LogP contribution in [0.3, 0.4) is 0 Å². The molecule has 1 atom stereocenters. The van der Waals surface area contributed by atoms with E-state index < -0.39 is 0 Å². The van der Waals surface area contributed by atoms with E-state index in [4.69, 9.17) is 9.47 Å². The van der Waals surface area contributed by atoms with Gasteiger partial charge in [-0.3, -0.25) is 0 Å². The molecule has 0 bridgehead atoms. The highest BCUT2D eigenvalue weighted by atomic mass is 79.9. The summed E-state index contributed by atoms with van der Waals surface area (Å²) in [7, 11) is 0. The van der Waals surface area contributed by atoms with E-state index in [0.29, 0.717) is 26.3 Å². The Kier molecular flexibility index (Phi) is 6.13. The lowest BCUT2D eigenvalue weighted by atomic mass is 10.2. The fraction of sp³-hybridized carbons (Fsp3) is 0.600. The standard InChI is InChI=1S/C15H22BrNO3/c1-2-4-12(18)10-17-9-11-7-13(16)15-14(8-11)19-5-3-6-20-15/h7-8,12,17-18H,2-6,9-10H2,1H3. The third kappa shape index (κ3) is 4.36. The first-order valence-corrected chi connectivity index (χ1v) is 7.96. The van der Waals surface area contributed by atoms with Gasteiger partial charge in [0.15, 0.2) is 11.5 Å². The van der Waals surface area contributed by atoms with Crippen LogP contribution in [0.15, 0.2) is 16.6 Å².